The molecule has 2 heterocycles. The van der Waals surface area contributed by atoms with Crippen LogP contribution in [0.1, 0.15) is 13.8 Å². The minimum Gasteiger partial charge on any atom is -0.547 e. The van der Waals surface area contributed by atoms with Crippen molar-refractivity contribution in [1.82, 2.24) is 10.2 Å². The van der Waals surface area contributed by atoms with Crippen molar-refractivity contribution < 1.29 is 58.9 Å². The zero-order chi connectivity index (χ0) is 19.1. The maximum Gasteiger partial charge on any atom is 1.00 e. The number of nitrogens with zero attached hydrogens (tertiary/aromatic N) is 1. The third-order valence-corrected chi connectivity index (χ3v) is 6.51. The van der Waals surface area contributed by atoms with Gasteiger partial charge in [-0.15, -0.1) is 11.8 Å². The molecule has 1 aromatic rings. The van der Waals surface area contributed by atoms with Gasteiger partial charge in [-0.3, -0.25) is 9.59 Å². The number of carbonyl (C=O) groups excluding carboxylic acids is 3. The van der Waals surface area contributed by atoms with Gasteiger partial charge in [0, 0.05) is 4.75 Å². The van der Waals surface area contributed by atoms with Crippen LogP contribution >= 0.6 is 11.8 Å². The van der Waals surface area contributed by atoms with E-state index in [9.17, 15) is 24.6 Å². The number of rotatable bonds is 6. The first-order valence-corrected chi connectivity index (χ1v) is 8.93. The van der Waals surface area contributed by atoms with Gasteiger partial charge in [0.2, 0.25) is 5.91 Å². The average molecular weight is 402 g/mol. The second-order valence-electron chi connectivity index (χ2n) is 6.68. The molecule has 3 atom stereocenters. The number of hydrogen-bond donors (Lipinski definition) is 2. The molecule has 10 heteroatoms. The third kappa shape index (κ3) is 3.47. The van der Waals surface area contributed by atoms with Crippen molar-refractivity contribution in [2.45, 2.75) is 35.5 Å². The molecule has 0 spiro atoms. The Labute approximate surface area is 182 Å². The van der Waals surface area contributed by atoms with Gasteiger partial charge < -0.3 is 30.0 Å². The van der Waals surface area contributed by atoms with Crippen LogP contribution in [-0.2, 0) is 14.4 Å². The molecule has 2 amide bonds. The molecular weight excluding hydrogens is 383 g/mol. The van der Waals surface area contributed by atoms with Gasteiger partial charge in [0.15, 0.2) is 6.61 Å². The fraction of sp³-hybridized carbons (Fsp3) is 0.471. The van der Waals surface area contributed by atoms with Crippen LogP contribution in [0.5, 0.6) is 5.75 Å². The summed E-state index contributed by atoms with van der Waals surface area (Å²) in [5, 5.41) is 23.4. The van der Waals surface area contributed by atoms with E-state index in [4.69, 9.17) is 4.74 Å². The number of carboxylic acid groups (broad SMARTS) is 1. The molecule has 2 saturated heterocycles. The van der Waals surface area contributed by atoms with Crippen molar-refractivity contribution in [2.24, 2.45) is 0 Å². The number of ether oxygens (including phenoxy) is 1. The summed E-state index contributed by atoms with van der Waals surface area (Å²) in [6, 6.07) is 7.90. The number of thioether (sulfide) groups is 1. The molecule has 3 rings (SSSR count). The summed E-state index contributed by atoms with van der Waals surface area (Å²) in [7, 11) is 0. The van der Waals surface area contributed by atoms with Crippen molar-refractivity contribution in [2.75, 3.05) is 13.2 Å². The number of amides is 2. The molecule has 0 radical (unpaired) electrons. The summed E-state index contributed by atoms with van der Waals surface area (Å²) in [6.45, 7) is 2.24. The van der Waals surface area contributed by atoms with Gasteiger partial charge in [0.25, 0.3) is 5.91 Å². The predicted octanol–water partition coefficient (Wildman–Crippen LogP) is -4.27. The van der Waals surface area contributed by atoms with E-state index in [1.807, 2.05) is 6.07 Å². The summed E-state index contributed by atoms with van der Waals surface area (Å²) in [6.07, 6.45) is 0. The smallest absolute Gasteiger partial charge is 0.547 e. The number of carbonyl (C=O) groups is 3. The van der Waals surface area contributed by atoms with E-state index >= 15 is 0 Å². The molecule has 140 valence electrons. The van der Waals surface area contributed by atoms with Crippen molar-refractivity contribution >= 4 is 29.5 Å². The van der Waals surface area contributed by atoms with Crippen LogP contribution in [0.3, 0.4) is 0 Å². The van der Waals surface area contributed by atoms with Crippen LogP contribution in [0.2, 0.25) is 0 Å². The standard InChI is InChI=1S/C17H20N2O6S.Na/c1-16(2)17(9-20,15(23)24)19-13(22)12(14(19)26-16)18-11(21)8-25-10-6-4-3-5-7-10;/h3-7,12,14,20H,8-9H2,1-2H3,(H,18,21)(H,23,24);/q;+1/p-1/t12-,14-,17+;/m1./s1. The van der Waals surface area contributed by atoms with Crippen molar-refractivity contribution in [3.63, 3.8) is 0 Å². The molecular formula is C17H19N2NaO6S. The molecule has 0 unspecified atom stereocenters. The average Bonchev–Trinajstić information content (AvgIpc) is 2.83. The van der Waals surface area contributed by atoms with Gasteiger partial charge in [-0.05, 0) is 26.0 Å². The Morgan fingerprint density at radius 1 is 1.33 bits per heavy atom. The van der Waals surface area contributed by atoms with E-state index in [2.05, 4.69) is 5.32 Å². The fourth-order valence-corrected chi connectivity index (χ4v) is 5.12. The van der Waals surface area contributed by atoms with Crippen LogP contribution in [0.4, 0.5) is 0 Å². The largest absolute Gasteiger partial charge is 1.00 e. The maximum absolute atomic E-state index is 12.5. The molecule has 8 nitrogen and oxygen atoms in total. The van der Waals surface area contributed by atoms with Gasteiger partial charge in [-0.2, -0.15) is 0 Å². The number of hydrogen-bond acceptors (Lipinski definition) is 7. The molecule has 0 bridgehead atoms. The number of aliphatic hydroxyl groups excluding tert-OH is 1. The Hall–Kier alpha value is -1.26. The van der Waals surface area contributed by atoms with Crippen molar-refractivity contribution in [3.8, 4) is 5.75 Å². The Balaban J connectivity index is 0.00000261. The molecule has 0 saturated carbocycles. The van der Waals surface area contributed by atoms with Crippen LogP contribution < -0.4 is 44.7 Å². The molecule has 1 aromatic carbocycles. The fourth-order valence-electron chi connectivity index (χ4n) is 3.37. The molecule has 2 fully saturated rings. The number of β-lactam (4-membered cyclic amide) rings is 1. The summed E-state index contributed by atoms with van der Waals surface area (Å²) in [4.78, 5) is 37.4. The molecule has 2 aliphatic rings. The zero-order valence-electron chi connectivity index (χ0n) is 15.3. The molecule has 27 heavy (non-hydrogen) atoms. The number of carboxylic acids is 1. The van der Waals surface area contributed by atoms with E-state index in [0.29, 0.717) is 5.75 Å². The summed E-state index contributed by atoms with van der Waals surface area (Å²) in [5.74, 6) is -2.03. The van der Waals surface area contributed by atoms with E-state index in [0.717, 1.165) is 4.90 Å². The van der Waals surface area contributed by atoms with Crippen molar-refractivity contribution in [1.29, 1.82) is 0 Å². The number of para-hydroxylation sites is 1. The Kier molecular flexibility index (Phi) is 6.53. The second kappa shape index (κ2) is 8.00. The summed E-state index contributed by atoms with van der Waals surface area (Å²) >= 11 is 1.21. The first kappa shape index (κ1) is 22.0. The number of aliphatic hydroxyl groups is 1. The first-order valence-electron chi connectivity index (χ1n) is 8.05. The van der Waals surface area contributed by atoms with Crippen molar-refractivity contribution in [3.05, 3.63) is 30.3 Å². The van der Waals surface area contributed by atoms with E-state index in [1.165, 1.54) is 11.8 Å². The third-order valence-electron chi connectivity index (χ3n) is 4.86. The number of benzene rings is 1. The molecule has 2 aliphatic heterocycles. The van der Waals surface area contributed by atoms with Crippen LogP contribution in [0.15, 0.2) is 30.3 Å². The maximum atomic E-state index is 12.5. The van der Waals surface area contributed by atoms with E-state index in [-0.39, 0.29) is 36.2 Å². The van der Waals surface area contributed by atoms with Gasteiger partial charge in [-0.1, -0.05) is 18.2 Å². The van der Waals surface area contributed by atoms with Gasteiger partial charge in [-0.25, -0.2) is 0 Å². The van der Waals surface area contributed by atoms with Gasteiger partial charge in [0.1, 0.15) is 22.7 Å². The molecule has 2 N–H and O–H groups in total. The zero-order valence-corrected chi connectivity index (χ0v) is 18.1. The molecule has 0 aromatic heterocycles. The van der Waals surface area contributed by atoms with Gasteiger partial charge in [0.05, 0.1) is 12.6 Å². The Bertz CT molecular complexity index is 746. The Morgan fingerprint density at radius 2 is 1.96 bits per heavy atom. The minimum atomic E-state index is -1.82. The predicted molar refractivity (Wildman–Crippen MR) is 91.0 cm³/mol. The minimum absolute atomic E-state index is 0. The molecule has 0 aliphatic carbocycles. The topological polar surface area (TPSA) is 119 Å². The van der Waals surface area contributed by atoms with Gasteiger partial charge >= 0.3 is 29.6 Å². The van der Waals surface area contributed by atoms with E-state index in [1.54, 1.807) is 38.1 Å². The van der Waals surface area contributed by atoms with E-state index < -0.39 is 46.1 Å². The monoisotopic (exact) mass is 402 g/mol. The number of fused-ring (bicyclic) bond motifs is 1. The Morgan fingerprint density at radius 3 is 2.52 bits per heavy atom. The second-order valence-corrected chi connectivity index (χ2v) is 8.42. The van der Waals surface area contributed by atoms with Crippen LogP contribution in [0, 0.1) is 0 Å². The summed E-state index contributed by atoms with van der Waals surface area (Å²) in [5.41, 5.74) is -1.82. The SMILES string of the molecule is CC1(C)S[C@@H]2[C@H](NC(=O)COc3ccccc3)C(=O)N2[C@@]1(CO)C(=O)[O-].[Na+]. The van der Waals surface area contributed by atoms with Crippen LogP contribution in [0.25, 0.3) is 0 Å². The first-order chi connectivity index (χ1) is 12.2. The normalized spacial score (nSPS) is 27.8. The number of aliphatic carboxylic acids is 1. The van der Waals surface area contributed by atoms with Crippen LogP contribution in [-0.4, -0.2) is 62.7 Å². The summed E-state index contributed by atoms with van der Waals surface area (Å²) < 4.78 is 4.37. The quantitative estimate of drug-likeness (QED) is 0.365. The number of nitrogens with one attached hydrogen (secondary N) is 1.